The fourth-order valence-corrected chi connectivity index (χ4v) is 4.63. The molecule has 4 rings (SSSR count). The highest BCUT2D eigenvalue weighted by Crippen LogP contribution is 2.41. The number of halogens is 1. The quantitative estimate of drug-likeness (QED) is 0.700. The second-order valence-electron chi connectivity index (χ2n) is 8.43. The third-order valence-corrected chi connectivity index (χ3v) is 6.40. The van der Waals surface area contributed by atoms with Crippen LogP contribution >= 0.6 is 0 Å². The molecule has 0 aromatic heterocycles. The maximum atomic E-state index is 13.8. The first-order chi connectivity index (χ1) is 15.2. The van der Waals surface area contributed by atoms with Gasteiger partial charge in [0.25, 0.3) is 0 Å². The van der Waals surface area contributed by atoms with Gasteiger partial charge in [-0.05, 0) is 48.2 Å². The van der Waals surface area contributed by atoms with E-state index < -0.39 is 5.41 Å². The minimum atomic E-state index is -0.631. The zero-order valence-corrected chi connectivity index (χ0v) is 17.9. The number of benzene rings is 2. The molecular formula is C25H31FN2O3. The van der Waals surface area contributed by atoms with Gasteiger partial charge in [0.05, 0.1) is 18.6 Å². The van der Waals surface area contributed by atoms with Crippen molar-refractivity contribution in [3.63, 3.8) is 0 Å². The Morgan fingerprint density at radius 2 is 1.87 bits per heavy atom. The Morgan fingerprint density at radius 3 is 2.65 bits per heavy atom. The van der Waals surface area contributed by atoms with Gasteiger partial charge in [-0.2, -0.15) is 0 Å². The zero-order chi connectivity index (χ0) is 21.5. The lowest BCUT2D eigenvalue weighted by atomic mass is 9.78. The second-order valence-corrected chi connectivity index (χ2v) is 8.43. The molecule has 166 valence electrons. The summed E-state index contributed by atoms with van der Waals surface area (Å²) in [7, 11) is 0. The van der Waals surface area contributed by atoms with Gasteiger partial charge in [0, 0.05) is 26.2 Å². The molecule has 1 N–H and O–H groups in total. The maximum Gasteiger partial charge on any atom is 0.230 e. The van der Waals surface area contributed by atoms with Crippen LogP contribution in [0.2, 0.25) is 0 Å². The van der Waals surface area contributed by atoms with Crippen molar-refractivity contribution in [3.05, 3.63) is 65.5 Å². The van der Waals surface area contributed by atoms with Crippen molar-refractivity contribution >= 4 is 5.91 Å². The van der Waals surface area contributed by atoms with Crippen molar-refractivity contribution in [2.45, 2.75) is 37.6 Å². The molecule has 1 aliphatic heterocycles. The van der Waals surface area contributed by atoms with E-state index in [1.165, 1.54) is 12.1 Å². The largest absolute Gasteiger partial charge is 0.492 e. The number of nitrogens with zero attached hydrogens (tertiary/aromatic N) is 1. The number of hydrogen-bond acceptors (Lipinski definition) is 4. The Morgan fingerprint density at radius 1 is 1.10 bits per heavy atom. The third-order valence-electron chi connectivity index (χ3n) is 6.40. The minimum absolute atomic E-state index is 0.0192. The van der Waals surface area contributed by atoms with Crippen molar-refractivity contribution in [3.8, 4) is 5.75 Å². The number of rotatable bonds is 8. The van der Waals surface area contributed by atoms with Crippen LogP contribution in [0.15, 0.2) is 48.5 Å². The molecule has 2 aromatic rings. The molecule has 31 heavy (non-hydrogen) atoms. The van der Waals surface area contributed by atoms with E-state index in [2.05, 4.69) is 10.2 Å². The van der Waals surface area contributed by atoms with Gasteiger partial charge in [0.1, 0.15) is 18.2 Å². The van der Waals surface area contributed by atoms with Crippen LogP contribution in [-0.4, -0.2) is 50.3 Å². The van der Waals surface area contributed by atoms with E-state index in [-0.39, 0.29) is 11.7 Å². The summed E-state index contributed by atoms with van der Waals surface area (Å²) in [6.45, 7) is 5.39. The fourth-order valence-electron chi connectivity index (χ4n) is 4.63. The van der Waals surface area contributed by atoms with Crippen molar-refractivity contribution in [2.75, 3.05) is 39.5 Å². The molecule has 2 aromatic carbocycles. The minimum Gasteiger partial charge on any atom is -0.492 e. The van der Waals surface area contributed by atoms with Gasteiger partial charge in [-0.25, -0.2) is 4.39 Å². The van der Waals surface area contributed by atoms with Crippen molar-refractivity contribution in [1.82, 2.24) is 10.2 Å². The van der Waals surface area contributed by atoms with Crippen molar-refractivity contribution in [1.29, 1.82) is 0 Å². The topological polar surface area (TPSA) is 50.8 Å². The molecule has 6 heteroatoms. The number of carbonyl (C=O) groups is 1. The van der Waals surface area contributed by atoms with Crippen LogP contribution < -0.4 is 10.1 Å². The van der Waals surface area contributed by atoms with Crippen LogP contribution in [0.1, 0.15) is 36.8 Å². The van der Waals surface area contributed by atoms with Crippen LogP contribution in [0.5, 0.6) is 5.75 Å². The number of morpholine rings is 1. The summed E-state index contributed by atoms with van der Waals surface area (Å²) in [4.78, 5) is 15.5. The predicted molar refractivity (Wildman–Crippen MR) is 118 cm³/mol. The van der Waals surface area contributed by atoms with E-state index in [0.29, 0.717) is 13.2 Å². The molecule has 0 bridgehead atoms. The van der Waals surface area contributed by atoms with Crippen LogP contribution in [0.25, 0.3) is 0 Å². The van der Waals surface area contributed by atoms with Gasteiger partial charge in [0.2, 0.25) is 5.91 Å². The summed E-state index contributed by atoms with van der Waals surface area (Å²) in [5.41, 5.74) is 1.14. The molecular weight excluding hydrogens is 395 g/mol. The lowest BCUT2D eigenvalue weighted by Gasteiger charge is -2.28. The number of hydrogen-bond donors (Lipinski definition) is 1. The molecule has 1 aliphatic carbocycles. The highest BCUT2D eigenvalue weighted by molar-refractivity contribution is 5.88. The van der Waals surface area contributed by atoms with Crippen molar-refractivity contribution in [2.24, 2.45) is 0 Å². The SMILES string of the molecule is O=C(NCc1cccc(OCCN2CCOCC2)c1)C1(c2cccc(F)c2)CCCC1. The summed E-state index contributed by atoms with van der Waals surface area (Å²) in [6.07, 6.45) is 3.48. The lowest BCUT2D eigenvalue weighted by Crippen LogP contribution is -2.42. The highest BCUT2D eigenvalue weighted by Gasteiger charge is 2.42. The average molecular weight is 427 g/mol. The monoisotopic (exact) mass is 426 g/mol. The van der Waals surface area contributed by atoms with Gasteiger partial charge in [0.15, 0.2) is 0 Å². The summed E-state index contributed by atoms with van der Waals surface area (Å²) in [5.74, 6) is 0.494. The van der Waals surface area contributed by atoms with E-state index >= 15 is 0 Å². The maximum absolute atomic E-state index is 13.8. The predicted octanol–water partition coefficient (Wildman–Crippen LogP) is 3.66. The third kappa shape index (κ3) is 5.43. The van der Waals surface area contributed by atoms with Crippen LogP contribution in [-0.2, 0) is 21.5 Å². The number of nitrogens with one attached hydrogen (secondary N) is 1. The average Bonchev–Trinajstić information content (AvgIpc) is 3.30. The fraction of sp³-hybridized carbons (Fsp3) is 0.480. The smallest absolute Gasteiger partial charge is 0.230 e. The van der Waals surface area contributed by atoms with Gasteiger partial charge in [-0.15, -0.1) is 0 Å². The molecule has 1 amide bonds. The van der Waals surface area contributed by atoms with E-state index in [4.69, 9.17) is 9.47 Å². The summed E-state index contributed by atoms with van der Waals surface area (Å²) in [6, 6.07) is 14.3. The summed E-state index contributed by atoms with van der Waals surface area (Å²) in [5, 5.41) is 3.10. The van der Waals surface area contributed by atoms with E-state index in [1.807, 2.05) is 30.3 Å². The van der Waals surface area contributed by atoms with Gasteiger partial charge >= 0.3 is 0 Å². The van der Waals surface area contributed by atoms with Crippen LogP contribution in [0.4, 0.5) is 4.39 Å². The molecule has 2 aliphatic rings. The standard InChI is InChI=1S/C25H31FN2O3/c26-22-7-4-6-21(18-22)25(9-1-2-10-25)24(29)27-19-20-5-3-8-23(17-20)31-16-13-28-11-14-30-15-12-28/h3-8,17-18H,1-2,9-16,19H2,(H,27,29). The number of carbonyl (C=O) groups excluding carboxylic acids is 1. The summed E-state index contributed by atoms with van der Waals surface area (Å²) < 4.78 is 25.1. The van der Waals surface area contributed by atoms with Crippen LogP contribution in [0, 0.1) is 5.82 Å². The first-order valence-electron chi connectivity index (χ1n) is 11.2. The Balaban J connectivity index is 1.33. The molecule has 0 spiro atoms. The van der Waals surface area contributed by atoms with Crippen molar-refractivity contribution < 1.29 is 18.7 Å². The summed E-state index contributed by atoms with van der Waals surface area (Å²) >= 11 is 0. The highest BCUT2D eigenvalue weighted by atomic mass is 19.1. The number of ether oxygens (including phenoxy) is 2. The van der Waals surface area contributed by atoms with Crippen LogP contribution in [0.3, 0.4) is 0 Å². The zero-order valence-electron chi connectivity index (χ0n) is 17.9. The normalized spacial score (nSPS) is 18.6. The Kier molecular flexibility index (Phi) is 7.20. The van der Waals surface area contributed by atoms with E-state index in [0.717, 1.165) is 75.4 Å². The van der Waals surface area contributed by atoms with Gasteiger partial charge < -0.3 is 14.8 Å². The van der Waals surface area contributed by atoms with Gasteiger partial charge in [-0.1, -0.05) is 37.1 Å². The van der Waals surface area contributed by atoms with E-state index in [1.54, 1.807) is 6.07 Å². The Hall–Kier alpha value is -2.44. The first-order valence-corrected chi connectivity index (χ1v) is 11.2. The molecule has 5 nitrogen and oxygen atoms in total. The molecule has 2 fully saturated rings. The molecule has 0 unspecified atom stereocenters. The number of amides is 1. The molecule has 0 radical (unpaired) electrons. The molecule has 1 saturated heterocycles. The Labute approximate surface area is 183 Å². The van der Waals surface area contributed by atoms with E-state index in [9.17, 15) is 9.18 Å². The molecule has 1 saturated carbocycles. The molecule has 0 atom stereocenters. The first kappa shape index (κ1) is 21.8. The van der Waals surface area contributed by atoms with Gasteiger partial charge in [-0.3, -0.25) is 9.69 Å². The molecule has 1 heterocycles. The second kappa shape index (κ2) is 10.2. The Bertz CT molecular complexity index is 877. The lowest BCUT2D eigenvalue weighted by molar-refractivity contribution is -0.126.